The Hall–Kier alpha value is 1.21. The first kappa shape index (κ1) is 39.2. The Morgan fingerprint density at radius 1 is 0.550 bits per heavy atom. The Balaban J connectivity index is 0.00000254. The Bertz CT molecular complexity index is 565. The summed E-state index contributed by atoms with van der Waals surface area (Å²) in [5.74, 6) is 7.29. The fourth-order valence-corrected chi connectivity index (χ4v) is 8.67. The maximum atomic E-state index is 5.78. The van der Waals surface area contributed by atoms with Crippen LogP contribution in [0.25, 0.3) is 10.6 Å². The second-order valence-electron chi connectivity index (χ2n) is 15.9. The molecule has 0 aliphatic heterocycles. The zero-order valence-corrected chi connectivity index (χ0v) is 31.7. The van der Waals surface area contributed by atoms with Crippen molar-refractivity contribution in [3.05, 3.63) is 10.6 Å². The van der Waals surface area contributed by atoms with Gasteiger partial charge in [-0.2, -0.15) is 0 Å². The predicted octanol–water partition coefficient (Wildman–Crippen LogP) is 12.4. The van der Waals surface area contributed by atoms with Crippen LogP contribution in [0.3, 0.4) is 0 Å². The van der Waals surface area contributed by atoms with Crippen molar-refractivity contribution in [2.45, 2.75) is 147 Å². The number of nitrogens with zero attached hydrogens (tertiary/aromatic N) is 2. The minimum atomic E-state index is -0.556. The molecule has 4 unspecified atom stereocenters. The van der Waals surface area contributed by atoms with E-state index in [0.717, 1.165) is 60.4 Å². The van der Waals surface area contributed by atoms with Gasteiger partial charge in [0.25, 0.3) is 0 Å². The van der Waals surface area contributed by atoms with Gasteiger partial charge in [-0.15, -0.1) is 25.2 Å². The van der Waals surface area contributed by atoms with Crippen LogP contribution < -0.4 is 0 Å². The van der Waals surface area contributed by atoms with E-state index in [-0.39, 0.29) is 5.41 Å². The molecule has 0 amide bonds. The van der Waals surface area contributed by atoms with Crippen molar-refractivity contribution >= 4 is 18.6 Å². The average Bonchev–Trinajstić information content (AvgIpc) is 2.85. The first-order valence-corrected chi connectivity index (χ1v) is 21.3. The first-order valence-electron chi connectivity index (χ1n) is 17.0. The van der Waals surface area contributed by atoms with E-state index >= 15 is 0 Å². The van der Waals surface area contributed by atoms with Gasteiger partial charge in [0.1, 0.15) is 0 Å². The van der Waals surface area contributed by atoms with E-state index in [2.05, 4.69) is 83.1 Å². The van der Waals surface area contributed by atoms with Gasteiger partial charge in [0.15, 0.2) is 0 Å². The predicted molar refractivity (Wildman–Crippen MR) is 178 cm³/mol. The molecule has 0 aromatic carbocycles. The van der Waals surface area contributed by atoms with Crippen molar-refractivity contribution in [1.82, 2.24) is 0 Å². The molecule has 0 N–H and O–H groups in total. The van der Waals surface area contributed by atoms with Gasteiger partial charge in [-0.1, -0.05) is 151 Å². The second-order valence-corrected chi connectivity index (χ2v) is 18.5. The van der Waals surface area contributed by atoms with Gasteiger partial charge in [0.2, 0.25) is 0 Å². The van der Waals surface area contributed by atoms with Crippen LogP contribution in [0.2, 0.25) is 0 Å². The molecular weight excluding hydrogens is 567 g/mol. The second kappa shape index (κ2) is 19.6. The monoisotopic (exact) mass is 634 g/mol. The van der Waals surface area contributed by atoms with Crippen molar-refractivity contribution < 1.29 is 17.0 Å². The molecule has 0 spiro atoms. The van der Waals surface area contributed by atoms with Crippen molar-refractivity contribution in [1.29, 1.82) is 0 Å². The van der Waals surface area contributed by atoms with Gasteiger partial charge in [-0.25, -0.2) is 0 Å². The molecule has 4 atom stereocenters. The van der Waals surface area contributed by atoms with Crippen molar-refractivity contribution in [2.24, 2.45) is 64.6 Å². The molecule has 2 fully saturated rings. The van der Waals surface area contributed by atoms with Crippen LogP contribution in [0.15, 0.2) is 0 Å². The summed E-state index contributed by atoms with van der Waals surface area (Å²) < 4.78 is 0. The SMILES string of the molecule is CC(C)CC(C[N-]C1C(C(C)C)CCCC1C(C)C)(C[N-]C1C(C(C)C)CCCC1C(C)C)CC(C)C.[Cl][Ti][Cl]. The number of rotatable bonds is 14. The summed E-state index contributed by atoms with van der Waals surface area (Å²) in [6, 6.07) is 1.07. The molecule has 0 aromatic rings. The van der Waals surface area contributed by atoms with Gasteiger partial charge in [0.05, 0.1) is 0 Å². The Labute approximate surface area is 269 Å². The summed E-state index contributed by atoms with van der Waals surface area (Å²) in [6.07, 6.45) is 10.8. The Kier molecular flexibility index (Phi) is 19.2. The van der Waals surface area contributed by atoms with Crippen LogP contribution in [0.4, 0.5) is 0 Å². The van der Waals surface area contributed by atoms with Gasteiger partial charge < -0.3 is 10.6 Å². The van der Waals surface area contributed by atoms with E-state index in [0.29, 0.717) is 23.9 Å². The minimum absolute atomic E-state index is 0.212. The third-order valence-corrected chi connectivity index (χ3v) is 10.3. The van der Waals surface area contributed by atoms with Crippen molar-refractivity contribution in [3.63, 3.8) is 0 Å². The zero-order chi connectivity index (χ0) is 30.6. The molecule has 0 bridgehead atoms. The normalized spacial score (nSPS) is 28.1. The molecule has 2 nitrogen and oxygen atoms in total. The van der Waals surface area contributed by atoms with E-state index in [1.165, 1.54) is 51.4 Å². The van der Waals surface area contributed by atoms with E-state index in [9.17, 15) is 0 Å². The third kappa shape index (κ3) is 12.7. The van der Waals surface area contributed by atoms with Crippen LogP contribution in [0.5, 0.6) is 0 Å². The summed E-state index contributed by atoms with van der Waals surface area (Å²) >= 11 is -0.556. The summed E-state index contributed by atoms with van der Waals surface area (Å²) in [7, 11) is 9.78. The molecule has 2 aliphatic rings. The molecule has 238 valence electrons. The Morgan fingerprint density at radius 3 is 1.00 bits per heavy atom. The number of halogens is 2. The molecular formula is C35H68Cl2N2Ti-2. The quantitative estimate of drug-likeness (QED) is 0.170. The summed E-state index contributed by atoms with van der Waals surface area (Å²) in [4.78, 5) is 0. The van der Waals surface area contributed by atoms with Crippen molar-refractivity contribution in [2.75, 3.05) is 13.1 Å². The summed E-state index contributed by atoms with van der Waals surface area (Å²) in [5, 5.41) is 11.6. The average molecular weight is 636 g/mol. The first-order chi connectivity index (χ1) is 18.7. The van der Waals surface area contributed by atoms with Gasteiger partial charge in [-0.3, -0.25) is 0 Å². The number of hydrogen-bond donors (Lipinski definition) is 0. The van der Waals surface area contributed by atoms with E-state index in [1.807, 2.05) is 0 Å². The van der Waals surface area contributed by atoms with Crippen LogP contribution in [0, 0.1) is 64.6 Å². The standard InChI is InChI=1S/C35H68N2.2ClH.Ti/c1-23(2)19-35(20-24(3)4,21-36-33-29(25(5)6)15-13-16-30(33)26(7)8)22-37-34-31(27(9)10)17-14-18-32(34)28(11)12;;;/h23-34H,13-22H2,1-12H3;2*1H;/q-2;;;+2/p-2. The molecule has 0 heterocycles. The summed E-state index contributed by atoms with van der Waals surface area (Å²) in [6.45, 7) is 31.3. The van der Waals surface area contributed by atoms with Crippen LogP contribution in [0.1, 0.15) is 134 Å². The fraction of sp³-hybridized carbons (Fsp3) is 1.00. The van der Waals surface area contributed by atoms with Gasteiger partial charge in [-0.05, 0) is 48.3 Å². The van der Waals surface area contributed by atoms with E-state index in [4.69, 9.17) is 29.2 Å². The molecule has 0 radical (unpaired) electrons. The number of hydrogen-bond acceptors (Lipinski definition) is 0. The Morgan fingerprint density at radius 2 is 0.800 bits per heavy atom. The fourth-order valence-electron chi connectivity index (χ4n) is 8.67. The van der Waals surface area contributed by atoms with Gasteiger partial charge in [0, 0.05) is 0 Å². The van der Waals surface area contributed by atoms with E-state index in [1.54, 1.807) is 0 Å². The zero-order valence-electron chi connectivity index (χ0n) is 28.6. The molecule has 2 saturated carbocycles. The molecule has 2 rings (SSSR count). The van der Waals surface area contributed by atoms with E-state index < -0.39 is 17.0 Å². The third-order valence-electron chi connectivity index (χ3n) is 10.3. The molecule has 0 saturated heterocycles. The molecule has 40 heavy (non-hydrogen) atoms. The molecule has 2 aliphatic carbocycles. The van der Waals surface area contributed by atoms with Crippen molar-refractivity contribution in [3.8, 4) is 0 Å². The van der Waals surface area contributed by atoms with Crippen LogP contribution in [-0.2, 0) is 17.0 Å². The van der Waals surface area contributed by atoms with Gasteiger partial charge >= 0.3 is 35.6 Å². The molecule has 0 aromatic heterocycles. The molecule has 5 heteroatoms. The summed E-state index contributed by atoms with van der Waals surface area (Å²) in [5.41, 5.74) is 0.212. The van der Waals surface area contributed by atoms with Crippen LogP contribution in [-0.4, -0.2) is 25.2 Å². The maximum absolute atomic E-state index is 5.78. The van der Waals surface area contributed by atoms with Crippen LogP contribution >= 0.6 is 18.6 Å². The topological polar surface area (TPSA) is 28.2 Å².